The van der Waals surface area contributed by atoms with Gasteiger partial charge in [-0.1, -0.05) is 35.9 Å². The van der Waals surface area contributed by atoms with Crippen molar-refractivity contribution in [2.45, 2.75) is 6.92 Å². The molecule has 1 amide bonds. The quantitative estimate of drug-likeness (QED) is 0.362. The van der Waals surface area contributed by atoms with Crippen LogP contribution in [-0.4, -0.2) is 22.6 Å². The van der Waals surface area contributed by atoms with E-state index in [1.54, 1.807) is 29.5 Å². The number of hydrogen-bond acceptors (Lipinski definition) is 5. The van der Waals surface area contributed by atoms with E-state index in [0.717, 1.165) is 32.0 Å². The van der Waals surface area contributed by atoms with Crippen molar-refractivity contribution in [1.82, 2.24) is 10.3 Å². The highest BCUT2D eigenvalue weighted by Crippen LogP contribution is 2.31. The van der Waals surface area contributed by atoms with Crippen molar-refractivity contribution in [2.24, 2.45) is 0 Å². The molecular formula is C23H18ClN3O2S2. The van der Waals surface area contributed by atoms with Gasteiger partial charge >= 0.3 is 0 Å². The monoisotopic (exact) mass is 467 g/mol. The van der Waals surface area contributed by atoms with Gasteiger partial charge in [-0.3, -0.25) is 10.1 Å². The van der Waals surface area contributed by atoms with Crippen LogP contribution in [0.15, 0.2) is 66.7 Å². The third kappa shape index (κ3) is 5.38. The maximum Gasteiger partial charge on any atom is 0.264 e. The molecule has 0 aliphatic carbocycles. The molecule has 0 saturated carbocycles. The summed E-state index contributed by atoms with van der Waals surface area (Å²) >= 11 is 12.8. The predicted molar refractivity (Wildman–Crippen MR) is 131 cm³/mol. The molecule has 0 unspecified atom stereocenters. The number of benzene rings is 3. The van der Waals surface area contributed by atoms with Gasteiger partial charge in [0.05, 0.1) is 10.2 Å². The molecule has 1 aromatic heterocycles. The van der Waals surface area contributed by atoms with Gasteiger partial charge in [-0.25, -0.2) is 4.98 Å². The highest BCUT2D eigenvalue weighted by atomic mass is 35.5. The van der Waals surface area contributed by atoms with E-state index in [4.69, 9.17) is 28.6 Å². The summed E-state index contributed by atoms with van der Waals surface area (Å²) in [4.78, 5) is 16.9. The number of rotatable bonds is 5. The molecule has 0 spiro atoms. The van der Waals surface area contributed by atoms with E-state index in [-0.39, 0.29) is 17.6 Å². The number of halogens is 1. The highest BCUT2D eigenvalue weighted by Gasteiger charge is 2.10. The SMILES string of the molecule is Cc1cc(Cl)ccc1OCC(=O)NC(=S)Nc1cccc(-c2nc3ccccc3s2)c1. The number of aryl methyl sites for hydroxylation is 1. The molecule has 8 heteroatoms. The van der Waals surface area contributed by atoms with E-state index in [9.17, 15) is 4.79 Å². The van der Waals surface area contributed by atoms with Gasteiger partial charge < -0.3 is 10.1 Å². The Balaban J connectivity index is 1.36. The van der Waals surface area contributed by atoms with E-state index in [1.165, 1.54) is 0 Å². The number of thiocarbonyl (C=S) groups is 1. The largest absolute Gasteiger partial charge is 0.483 e. The number of anilines is 1. The van der Waals surface area contributed by atoms with E-state index in [2.05, 4.69) is 21.7 Å². The molecule has 4 rings (SSSR count). The van der Waals surface area contributed by atoms with Crippen molar-refractivity contribution >= 4 is 62.1 Å². The second-order valence-electron chi connectivity index (χ2n) is 6.77. The number of amides is 1. The van der Waals surface area contributed by atoms with Crippen LogP contribution in [0.5, 0.6) is 5.75 Å². The molecule has 2 N–H and O–H groups in total. The van der Waals surface area contributed by atoms with Crippen molar-refractivity contribution in [3.63, 3.8) is 0 Å². The van der Waals surface area contributed by atoms with Crippen LogP contribution >= 0.6 is 35.2 Å². The number of nitrogens with zero attached hydrogens (tertiary/aromatic N) is 1. The van der Waals surface area contributed by atoms with Gasteiger partial charge in [0.1, 0.15) is 10.8 Å². The number of hydrogen-bond donors (Lipinski definition) is 2. The number of ether oxygens (including phenoxy) is 1. The van der Waals surface area contributed by atoms with Crippen molar-refractivity contribution in [3.8, 4) is 16.3 Å². The summed E-state index contributed by atoms with van der Waals surface area (Å²) in [6, 6.07) is 21.0. The third-order valence-corrected chi connectivity index (χ3v) is 5.93. The molecule has 0 aliphatic heterocycles. The Kier molecular flexibility index (Phi) is 6.46. The molecule has 0 bridgehead atoms. The van der Waals surface area contributed by atoms with Gasteiger partial charge in [-0.15, -0.1) is 11.3 Å². The fourth-order valence-corrected chi connectivity index (χ4v) is 4.39. The average molecular weight is 468 g/mol. The molecule has 1 heterocycles. The van der Waals surface area contributed by atoms with Crippen LogP contribution in [0, 0.1) is 6.92 Å². The first-order valence-corrected chi connectivity index (χ1v) is 11.0. The fraction of sp³-hybridized carbons (Fsp3) is 0.0870. The lowest BCUT2D eigenvalue weighted by Gasteiger charge is -2.12. The molecule has 0 fully saturated rings. The van der Waals surface area contributed by atoms with Gasteiger partial charge in [0.25, 0.3) is 5.91 Å². The first-order valence-electron chi connectivity index (χ1n) is 9.44. The molecule has 0 atom stereocenters. The summed E-state index contributed by atoms with van der Waals surface area (Å²) in [5.74, 6) is 0.246. The van der Waals surface area contributed by atoms with E-state index in [1.807, 2.05) is 49.4 Å². The second kappa shape index (κ2) is 9.43. The highest BCUT2D eigenvalue weighted by molar-refractivity contribution is 7.80. The van der Waals surface area contributed by atoms with Crippen LogP contribution in [0.3, 0.4) is 0 Å². The normalized spacial score (nSPS) is 10.6. The molecule has 0 aliphatic rings. The lowest BCUT2D eigenvalue weighted by molar-refractivity contribution is -0.121. The topological polar surface area (TPSA) is 63.2 Å². The fourth-order valence-electron chi connectivity index (χ4n) is 2.97. The smallest absolute Gasteiger partial charge is 0.264 e. The Hall–Kier alpha value is -3.00. The lowest BCUT2D eigenvalue weighted by atomic mass is 10.2. The van der Waals surface area contributed by atoms with Gasteiger partial charge in [0.15, 0.2) is 11.7 Å². The third-order valence-electron chi connectivity index (χ3n) is 4.41. The Labute approximate surface area is 194 Å². The van der Waals surface area contributed by atoms with Gasteiger partial charge in [0.2, 0.25) is 0 Å². The summed E-state index contributed by atoms with van der Waals surface area (Å²) in [5.41, 5.74) is 3.56. The zero-order valence-corrected chi connectivity index (χ0v) is 18.9. The Bertz CT molecular complexity index is 1240. The molecule has 0 saturated heterocycles. The second-order valence-corrected chi connectivity index (χ2v) is 8.64. The minimum absolute atomic E-state index is 0.157. The molecule has 3 aromatic carbocycles. The number of thiazole rings is 1. The first kappa shape index (κ1) is 21.2. The van der Waals surface area contributed by atoms with E-state index < -0.39 is 0 Å². The molecular weight excluding hydrogens is 450 g/mol. The number of carbonyl (C=O) groups excluding carboxylic acids is 1. The standard InChI is InChI=1S/C23H18ClN3O2S2/c1-14-11-16(24)9-10-19(14)29-13-21(28)27-23(30)25-17-6-4-5-15(12-17)22-26-18-7-2-3-8-20(18)31-22/h2-12H,13H2,1H3,(H2,25,27,28,30). The van der Waals surface area contributed by atoms with Gasteiger partial charge in [0, 0.05) is 16.3 Å². The summed E-state index contributed by atoms with van der Waals surface area (Å²) < 4.78 is 6.68. The van der Waals surface area contributed by atoms with Crippen LogP contribution in [0.25, 0.3) is 20.8 Å². The van der Waals surface area contributed by atoms with Crippen molar-refractivity contribution < 1.29 is 9.53 Å². The van der Waals surface area contributed by atoms with Crippen LogP contribution in [-0.2, 0) is 4.79 Å². The summed E-state index contributed by atoms with van der Waals surface area (Å²) in [5, 5.41) is 7.40. The maximum atomic E-state index is 12.2. The average Bonchev–Trinajstić information content (AvgIpc) is 3.17. The van der Waals surface area contributed by atoms with Crippen LogP contribution < -0.4 is 15.4 Å². The Morgan fingerprint density at radius 2 is 1.97 bits per heavy atom. The summed E-state index contributed by atoms with van der Waals surface area (Å²) in [6.45, 7) is 1.71. The minimum atomic E-state index is -0.353. The van der Waals surface area contributed by atoms with Gasteiger partial charge in [-0.05, 0) is 67.2 Å². The number of carbonyl (C=O) groups is 1. The van der Waals surface area contributed by atoms with Crippen molar-refractivity contribution in [1.29, 1.82) is 0 Å². The lowest BCUT2D eigenvalue weighted by Crippen LogP contribution is -2.37. The van der Waals surface area contributed by atoms with Crippen molar-refractivity contribution in [3.05, 3.63) is 77.3 Å². The Morgan fingerprint density at radius 1 is 1.13 bits per heavy atom. The zero-order valence-electron chi connectivity index (χ0n) is 16.5. The number of para-hydroxylation sites is 1. The molecule has 31 heavy (non-hydrogen) atoms. The number of fused-ring (bicyclic) bond motifs is 1. The summed E-state index contributed by atoms with van der Waals surface area (Å²) in [7, 11) is 0. The molecule has 5 nitrogen and oxygen atoms in total. The van der Waals surface area contributed by atoms with Crippen molar-refractivity contribution in [2.75, 3.05) is 11.9 Å². The molecule has 4 aromatic rings. The van der Waals surface area contributed by atoms with Crippen LogP contribution in [0.1, 0.15) is 5.56 Å². The number of aromatic nitrogens is 1. The molecule has 0 radical (unpaired) electrons. The summed E-state index contributed by atoms with van der Waals surface area (Å²) in [6.07, 6.45) is 0. The predicted octanol–water partition coefficient (Wildman–Crippen LogP) is 5.82. The van der Waals surface area contributed by atoms with E-state index >= 15 is 0 Å². The Morgan fingerprint density at radius 3 is 2.77 bits per heavy atom. The molecule has 156 valence electrons. The number of nitrogens with one attached hydrogen (secondary N) is 2. The minimum Gasteiger partial charge on any atom is -0.483 e. The van der Waals surface area contributed by atoms with E-state index in [0.29, 0.717) is 10.8 Å². The van der Waals surface area contributed by atoms with Gasteiger partial charge in [-0.2, -0.15) is 0 Å². The van der Waals surface area contributed by atoms with Crippen LogP contribution in [0.4, 0.5) is 5.69 Å². The first-order chi connectivity index (χ1) is 15.0. The zero-order chi connectivity index (χ0) is 21.8. The maximum absolute atomic E-state index is 12.2. The van der Waals surface area contributed by atoms with Crippen LogP contribution in [0.2, 0.25) is 5.02 Å².